The summed E-state index contributed by atoms with van der Waals surface area (Å²) in [7, 11) is 0. The van der Waals surface area contributed by atoms with Crippen LogP contribution < -0.4 is 0 Å². The molecule has 5 aromatic rings. The summed E-state index contributed by atoms with van der Waals surface area (Å²) in [5.41, 5.74) is 5.79. The van der Waals surface area contributed by atoms with Gasteiger partial charge in [0.05, 0.1) is 23.9 Å². The lowest BCUT2D eigenvalue weighted by molar-refractivity contribution is 0.110. The Morgan fingerprint density at radius 2 is 1.33 bits per heavy atom. The first kappa shape index (κ1) is 23.8. The summed E-state index contributed by atoms with van der Waals surface area (Å²) in [6, 6.07) is 34.1. The number of hydrogen-bond acceptors (Lipinski definition) is 2. The van der Waals surface area contributed by atoms with Crippen LogP contribution in [0, 0.1) is 0 Å². The van der Waals surface area contributed by atoms with Crippen molar-refractivity contribution in [2.24, 2.45) is 0 Å². The van der Waals surface area contributed by atoms with Crippen LogP contribution in [0.15, 0.2) is 122 Å². The molecule has 0 radical (unpaired) electrons. The lowest BCUT2D eigenvalue weighted by atomic mass is 9.97. The van der Waals surface area contributed by atoms with Crippen LogP contribution in [0.25, 0.3) is 44.1 Å². The molecule has 1 atom stereocenters. The number of hydrogen-bond donors (Lipinski definition) is 1. The van der Waals surface area contributed by atoms with Crippen LogP contribution >= 0.6 is 0 Å². The lowest BCUT2D eigenvalue weighted by Crippen LogP contribution is -2.35. The molecule has 0 saturated heterocycles. The summed E-state index contributed by atoms with van der Waals surface area (Å²) in [5.74, 6) is 0. The first-order valence-electron chi connectivity index (χ1n) is 12.5. The van der Waals surface area contributed by atoms with Crippen LogP contribution in [0.4, 0.5) is 0 Å². The van der Waals surface area contributed by atoms with Crippen LogP contribution in [0.5, 0.6) is 0 Å². The fraction of sp³-hybridized carbons (Fsp3) is 0.152. The van der Waals surface area contributed by atoms with Crippen molar-refractivity contribution in [2.45, 2.75) is 12.6 Å². The third-order valence-electron chi connectivity index (χ3n) is 6.69. The Morgan fingerprint density at radius 3 is 2.00 bits per heavy atom. The van der Waals surface area contributed by atoms with Crippen molar-refractivity contribution in [1.29, 1.82) is 0 Å². The maximum absolute atomic E-state index is 11.4. The number of nitrogens with zero attached hydrogens (tertiary/aromatic N) is 2. The highest BCUT2D eigenvalue weighted by Gasteiger charge is 2.23. The maximum atomic E-state index is 11.4. The second-order valence-electron chi connectivity index (χ2n) is 9.20. The third-order valence-corrected chi connectivity index (χ3v) is 6.69. The molecule has 3 nitrogen and oxygen atoms in total. The molecule has 0 unspecified atom stereocenters. The van der Waals surface area contributed by atoms with Gasteiger partial charge in [-0.25, -0.2) is 0 Å². The van der Waals surface area contributed by atoms with Crippen molar-refractivity contribution in [3.63, 3.8) is 0 Å². The van der Waals surface area contributed by atoms with E-state index in [1.54, 1.807) is 0 Å². The van der Waals surface area contributed by atoms with Gasteiger partial charge in [0, 0.05) is 36.0 Å². The third kappa shape index (κ3) is 4.64. The minimum atomic E-state index is -0.564. The van der Waals surface area contributed by atoms with E-state index in [4.69, 9.17) is 0 Å². The van der Waals surface area contributed by atoms with Gasteiger partial charge in [-0.15, -0.1) is 13.2 Å². The topological polar surface area (TPSA) is 28.4 Å². The first-order chi connectivity index (χ1) is 17.7. The van der Waals surface area contributed by atoms with Gasteiger partial charge in [-0.05, 0) is 16.5 Å². The predicted molar refractivity (Wildman–Crippen MR) is 153 cm³/mol. The van der Waals surface area contributed by atoms with Crippen LogP contribution in [0.2, 0.25) is 0 Å². The van der Waals surface area contributed by atoms with E-state index in [-0.39, 0.29) is 0 Å². The van der Waals surface area contributed by atoms with Gasteiger partial charge in [0.25, 0.3) is 0 Å². The van der Waals surface area contributed by atoms with Crippen molar-refractivity contribution in [1.82, 2.24) is 9.47 Å². The molecule has 0 aliphatic carbocycles. The van der Waals surface area contributed by atoms with Crippen LogP contribution in [-0.4, -0.2) is 40.3 Å². The Bertz CT molecular complexity index is 1470. The van der Waals surface area contributed by atoms with Crippen molar-refractivity contribution >= 4 is 21.7 Å². The van der Waals surface area contributed by atoms with Gasteiger partial charge in [-0.2, -0.15) is 0 Å². The van der Waals surface area contributed by atoms with Gasteiger partial charge >= 0.3 is 0 Å². The Hall–Kier alpha value is -3.92. The van der Waals surface area contributed by atoms with Gasteiger partial charge in [-0.3, -0.25) is 4.90 Å². The van der Waals surface area contributed by atoms with Gasteiger partial charge < -0.3 is 9.67 Å². The monoisotopic (exact) mass is 472 g/mol. The number of benzene rings is 4. The molecular formula is C33H32N2O. The Kier molecular flexibility index (Phi) is 7.13. The number of rotatable bonds is 10. The zero-order valence-corrected chi connectivity index (χ0v) is 20.6. The second-order valence-corrected chi connectivity index (χ2v) is 9.20. The number of fused-ring (bicyclic) bond motifs is 3. The first-order valence-corrected chi connectivity index (χ1v) is 12.5. The molecule has 0 aliphatic heterocycles. The number of aliphatic hydroxyl groups excluding tert-OH is 1. The summed E-state index contributed by atoms with van der Waals surface area (Å²) in [4.78, 5) is 2.16. The van der Waals surface area contributed by atoms with Gasteiger partial charge in [0.1, 0.15) is 0 Å². The molecule has 1 heterocycles. The molecule has 0 aliphatic rings. The molecule has 0 saturated carbocycles. The number of aliphatic hydroxyl groups is 1. The van der Waals surface area contributed by atoms with Crippen LogP contribution in [-0.2, 0) is 6.54 Å². The van der Waals surface area contributed by atoms with E-state index in [9.17, 15) is 5.11 Å². The van der Waals surface area contributed by atoms with Gasteiger partial charge in [0.2, 0.25) is 0 Å². The van der Waals surface area contributed by atoms with E-state index in [2.05, 4.69) is 114 Å². The van der Waals surface area contributed by atoms with E-state index in [0.717, 1.165) is 16.8 Å². The summed E-state index contributed by atoms with van der Waals surface area (Å²) >= 11 is 0. The smallest absolute Gasteiger partial charge is 0.0846 e. The fourth-order valence-corrected chi connectivity index (χ4v) is 5.25. The van der Waals surface area contributed by atoms with E-state index in [1.165, 1.54) is 27.3 Å². The molecule has 0 bridgehead atoms. The van der Waals surface area contributed by atoms with Crippen molar-refractivity contribution in [2.75, 3.05) is 19.6 Å². The predicted octanol–water partition coefficient (Wildman–Crippen LogP) is 7.16. The molecule has 4 aromatic carbocycles. The van der Waals surface area contributed by atoms with Crippen molar-refractivity contribution < 1.29 is 5.11 Å². The van der Waals surface area contributed by atoms with Crippen LogP contribution in [0.1, 0.15) is 0 Å². The Morgan fingerprint density at radius 1 is 0.722 bits per heavy atom. The molecule has 180 valence electrons. The van der Waals surface area contributed by atoms with E-state index < -0.39 is 6.10 Å². The highest BCUT2D eigenvalue weighted by molar-refractivity contribution is 6.15. The molecule has 36 heavy (non-hydrogen) atoms. The summed E-state index contributed by atoms with van der Waals surface area (Å²) in [6.07, 6.45) is 3.18. The Labute approximate surface area is 213 Å². The average molecular weight is 473 g/mol. The van der Waals surface area contributed by atoms with E-state index in [0.29, 0.717) is 26.2 Å². The zero-order valence-electron chi connectivity index (χ0n) is 20.6. The summed E-state index contributed by atoms with van der Waals surface area (Å²) in [5, 5.41) is 15.0. The summed E-state index contributed by atoms with van der Waals surface area (Å²) < 4.78 is 2.33. The van der Waals surface area contributed by atoms with Crippen molar-refractivity contribution in [3.05, 3.63) is 122 Å². The molecule has 0 fully saturated rings. The second kappa shape index (κ2) is 10.8. The largest absolute Gasteiger partial charge is 0.390 e. The molecule has 1 aromatic heterocycles. The zero-order chi connectivity index (χ0) is 24.9. The van der Waals surface area contributed by atoms with Gasteiger partial charge in [0.15, 0.2) is 0 Å². The van der Waals surface area contributed by atoms with Crippen LogP contribution in [0.3, 0.4) is 0 Å². The minimum absolute atomic E-state index is 0.479. The molecule has 3 heteroatoms. The van der Waals surface area contributed by atoms with Crippen molar-refractivity contribution in [3.8, 4) is 22.4 Å². The molecule has 0 amide bonds. The Balaban J connectivity index is 1.77. The quantitative estimate of drug-likeness (QED) is 0.218. The summed E-state index contributed by atoms with van der Waals surface area (Å²) in [6.45, 7) is 10.2. The standard InChI is InChI=1S/C33H32N2O/c1-3-21-34(22-4-2)23-28(36)24-35-32(27-16-9-6-10-17-27)31(26-14-7-5-8-15-26)30-20-19-25-13-11-12-18-29(25)33(30)35/h3-20,28,36H,1-2,21-24H2/t28-/m1/s1. The highest BCUT2D eigenvalue weighted by Crippen LogP contribution is 2.43. The maximum Gasteiger partial charge on any atom is 0.0846 e. The minimum Gasteiger partial charge on any atom is -0.390 e. The van der Waals surface area contributed by atoms with E-state index >= 15 is 0 Å². The number of aromatic nitrogens is 1. The molecule has 1 N–H and O–H groups in total. The average Bonchev–Trinajstić information content (AvgIpc) is 3.24. The highest BCUT2D eigenvalue weighted by atomic mass is 16.3. The van der Waals surface area contributed by atoms with Gasteiger partial charge in [-0.1, -0.05) is 109 Å². The molecule has 5 rings (SSSR count). The van der Waals surface area contributed by atoms with E-state index in [1.807, 2.05) is 18.2 Å². The molecular weight excluding hydrogens is 440 g/mol. The molecule has 0 spiro atoms. The lowest BCUT2D eigenvalue weighted by Gasteiger charge is -2.24. The SMILES string of the molecule is C=CCN(CC=C)C[C@@H](O)Cn1c(-c2ccccc2)c(-c2ccccc2)c2ccc3ccccc3c21. The fourth-order valence-electron chi connectivity index (χ4n) is 5.25. The normalized spacial score (nSPS) is 12.3.